The Morgan fingerprint density at radius 3 is 1.55 bits per heavy atom. The zero-order valence-corrected chi connectivity index (χ0v) is 26.2. The standard InChI is InChI=1S/C30H60NO6.ClH/c1-6-7-8-9-10-11-12-13-14-15-16-17-18-19-21-35-26-29(37-30(33)25-28(2)32)27-36-24-23-34-22-20-31(3,4)5;/h29H,6-27H2,1-5H3;1H/q+1;/p-1. The SMILES string of the molecule is CCCCCCCCCCCCCCCCOCC(COCCOCC[N+](C)(C)C)OC(=O)CC(C)=O.[Cl-]. The fourth-order valence-electron chi connectivity index (χ4n) is 3.93. The van der Waals surface area contributed by atoms with Crippen LogP contribution in [-0.2, 0) is 28.5 Å². The second-order valence-electron chi connectivity index (χ2n) is 11.4. The zero-order valence-electron chi connectivity index (χ0n) is 25.4. The topological polar surface area (TPSA) is 71.1 Å². The van der Waals surface area contributed by atoms with Gasteiger partial charge in [-0.3, -0.25) is 9.59 Å². The highest BCUT2D eigenvalue weighted by atomic mass is 35.5. The molecule has 0 saturated carbocycles. The summed E-state index contributed by atoms with van der Waals surface area (Å²) in [5.41, 5.74) is 0. The molecule has 0 bridgehead atoms. The minimum Gasteiger partial charge on any atom is -1.00 e. The number of halogens is 1. The summed E-state index contributed by atoms with van der Waals surface area (Å²) in [5, 5.41) is 0. The molecule has 0 saturated heterocycles. The summed E-state index contributed by atoms with van der Waals surface area (Å²) >= 11 is 0. The Morgan fingerprint density at radius 2 is 1.08 bits per heavy atom. The predicted octanol–water partition coefficient (Wildman–Crippen LogP) is 3.12. The van der Waals surface area contributed by atoms with Crippen LogP contribution in [0.5, 0.6) is 0 Å². The van der Waals surface area contributed by atoms with E-state index >= 15 is 0 Å². The number of esters is 1. The van der Waals surface area contributed by atoms with Crippen LogP contribution in [0.25, 0.3) is 0 Å². The second kappa shape index (κ2) is 27.8. The molecular weight excluding hydrogens is 506 g/mol. The number of unbranched alkanes of at least 4 members (excludes halogenated alkanes) is 13. The first-order valence-corrected chi connectivity index (χ1v) is 15.0. The Kier molecular flexibility index (Phi) is 28.9. The fraction of sp³-hybridized carbons (Fsp3) is 0.933. The van der Waals surface area contributed by atoms with E-state index in [1.165, 1.54) is 84.0 Å². The molecule has 228 valence electrons. The molecule has 0 spiro atoms. The van der Waals surface area contributed by atoms with Gasteiger partial charge in [0.15, 0.2) is 0 Å². The summed E-state index contributed by atoms with van der Waals surface area (Å²) in [6.45, 7) is 7.34. The summed E-state index contributed by atoms with van der Waals surface area (Å²) in [6.07, 6.45) is 17.8. The molecule has 0 aliphatic rings. The second-order valence-corrected chi connectivity index (χ2v) is 11.4. The average molecular weight is 566 g/mol. The van der Waals surface area contributed by atoms with Crippen LogP contribution >= 0.6 is 0 Å². The first-order valence-electron chi connectivity index (χ1n) is 15.0. The number of hydrogen-bond donors (Lipinski definition) is 0. The quantitative estimate of drug-likeness (QED) is 0.0628. The van der Waals surface area contributed by atoms with E-state index in [0.29, 0.717) is 26.4 Å². The number of ether oxygens (including phenoxy) is 4. The van der Waals surface area contributed by atoms with Gasteiger partial charge in [0.1, 0.15) is 24.9 Å². The number of ketones is 1. The Balaban J connectivity index is 0. The highest BCUT2D eigenvalue weighted by Gasteiger charge is 2.17. The van der Waals surface area contributed by atoms with Crippen molar-refractivity contribution in [2.24, 2.45) is 0 Å². The van der Waals surface area contributed by atoms with E-state index in [1.54, 1.807) is 0 Å². The maximum absolute atomic E-state index is 11.9. The largest absolute Gasteiger partial charge is 1.00 e. The van der Waals surface area contributed by atoms with Crippen molar-refractivity contribution in [1.82, 2.24) is 0 Å². The van der Waals surface area contributed by atoms with Gasteiger partial charge in [-0.15, -0.1) is 0 Å². The van der Waals surface area contributed by atoms with Crippen molar-refractivity contribution in [3.05, 3.63) is 0 Å². The molecule has 1 atom stereocenters. The third-order valence-electron chi connectivity index (χ3n) is 6.22. The minimum absolute atomic E-state index is 0. The number of nitrogens with zero attached hydrogens (tertiary/aromatic N) is 1. The highest BCUT2D eigenvalue weighted by molar-refractivity contribution is 5.94. The van der Waals surface area contributed by atoms with E-state index < -0.39 is 12.1 Å². The van der Waals surface area contributed by atoms with Crippen molar-refractivity contribution in [2.45, 2.75) is 116 Å². The predicted molar refractivity (Wildman–Crippen MR) is 151 cm³/mol. The van der Waals surface area contributed by atoms with Crippen LogP contribution < -0.4 is 12.4 Å². The van der Waals surface area contributed by atoms with Crippen LogP contribution in [-0.4, -0.2) is 89.7 Å². The van der Waals surface area contributed by atoms with Crippen LogP contribution in [0.1, 0.15) is 110 Å². The summed E-state index contributed by atoms with van der Waals surface area (Å²) in [4.78, 5) is 23.1. The maximum Gasteiger partial charge on any atom is 0.313 e. The van der Waals surface area contributed by atoms with Gasteiger partial charge in [-0.05, 0) is 13.3 Å². The number of carbonyl (C=O) groups is 2. The minimum atomic E-state index is -0.527. The zero-order chi connectivity index (χ0) is 27.6. The van der Waals surface area contributed by atoms with Crippen LogP contribution in [0.4, 0.5) is 0 Å². The number of Topliss-reactive ketones (excluding diaryl/α,β-unsaturated/α-hetero) is 1. The molecular formula is C30H60ClNO6. The highest BCUT2D eigenvalue weighted by Crippen LogP contribution is 2.13. The number of likely N-dealkylation sites (N-methyl/N-ethyl adjacent to an activating group) is 1. The van der Waals surface area contributed by atoms with Crippen LogP contribution in [0.15, 0.2) is 0 Å². The van der Waals surface area contributed by atoms with Gasteiger partial charge in [0.05, 0.1) is 54.2 Å². The van der Waals surface area contributed by atoms with E-state index in [9.17, 15) is 9.59 Å². The van der Waals surface area contributed by atoms with Gasteiger partial charge >= 0.3 is 5.97 Å². The lowest BCUT2D eigenvalue weighted by atomic mass is 10.0. The van der Waals surface area contributed by atoms with E-state index in [2.05, 4.69) is 28.1 Å². The van der Waals surface area contributed by atoms with E-state index in [0.717, 1.165) is 23.9 Å². The smallest absolute Gasteiger partial charge is 0.313 e. The lowest BCUT2D eigenvalue weighted by molar-refractivity contribution is -0.870. The number of hydrogen-bond acceptors (Lipinski definition) is 6. The molecule has 0 heterocycles. The van der Waals surface area contributed by atoms with Crippen molar-refractivity contribution < 1.29 is 45.4 Å². The van der Waals surface area contributed by atoms with Crippen LogP contribution in [0.3, 0.4) is 0 Å². The van der Waals surface area contributed by atoms with Gasteiger partial charge in [0, 0.05) is 6.61 Å². The average Bonchev–Trinajstić information content (AvgIpc) is 2.81. The summed E-state index contributed by atoms with van der Waals surface area (Å²) in [7, 11) is 6.37. The van der Waals surface area contributed by atoms with Crippen LogP contribution in [0, 0.1) is 0 Å². The molecule has 0 fully saturated rings. The van der Waals surface area contributed by atoms with Crippen molar-refractivity contribution in [1.29, 1.82) is 0 Å². The lowest BCUT2D eigenvalue weighted by Crippen LogP contribution is -3.00. The Morgan fingerprint density at radius 1 is 0.632 bits per heavy atom. The summed E-state index contributed by atoms with van der Waals surface area (Å²) in [6, 6.07) is 0. The number of quaternary nitrogens is 1. The molecule has 0 aromatic carbocycles. The Bertz CT molecular complexity index is 541. The molecule has 0 aromatic heterocycles. The fourth-order valence-corrected chi connectivity index (χ4v) is 3.93. The molecule has 38 heavy (non-hydrogen) atoms. The third kappa shape index (κ3) is 31.5. The van der Waals surface area contributed by atoms with Gasteiger partial charge in [-0.25, -0.2) is 0 Å². The monoisotopic (exact) mass is 565 g/mol. The van der Waals surface area contributed by atoms with Crippen molar-refractivity contribution in [3.63, 3.8) is 0 Å². The molecule has 0 N–H and O–H groups in total. The number of carbonyl (C=O) groups excluding carboxylic acids is 2. The van der Waals surface area contributed by atoms with Gasteiger partial charge in [0.25, 0.3) is 0 Å². The van der Waals surface area contributed by atoms with Crippen molar-refractivity contribution in [3.8, 4) is 0 Å². The lowest BCUT2D eigenvalue weighted by Gasteiger charge is -2.23. The van der Waals surface area contributed by atoms with E-state index in [-0.39, 0.29) is 37.8 Å². The van der Waals surface area contributed by atoms with Crippen LogP contribution in [0.2, 0.25) is 0 Å². The third-order valence-corrected chi connectivity index (χ3v) is 6.22. The summed E-state index contributed by atoms with van der Waals surface area (Å²) < 4.78 is 23.3. The molecule has 0 aliphatic carbocycles. The van der Waals surface area contributed by atoms with Gasteiger partial charge in [-0.1, -0.05) is 90.4 Å². The Labute approximate surface area is 240 Å². The molecule has 0 amide bonds. The van der Waals surface area contributed by atoms with Gasteiger partial charge < -0.3 is 35.8 Å². The molecule has 8 heteroatoms. The van der Waals surface area contributed by atoms with Gasteiger partial charge in [-0.2, -0.15) is 0 Å². The van der Waals surface area contributed by atoms with Gasteiger partial charge in [0.2, 0.25) is 0 Å². The Hall–Kier alpha value is -0.730. The molecule has 0 radical (unpaired) electrons. The van der Waals surface area contributed by atoms with E-state index in [1.807, 2.05) is 0 Å². The first-order chi connectivity index (χ1) is 17.7. The maximum atomic E-state index is 11.9. The van der Waals surface area contributed by atoms with Crippen molar-refractivity contribution >= 4 is 11.8 Å². The first kappa shape index (κ1) is 39.4. The van der Waals surface area contributed by atoms with E-state index in [4.69, 9.17) is 18.9 Å². The molecule has 0 aromatic rings. The molecule has 0 rings (SSSR count). The normalized spacial score (nSPS) is 12.2. The summed E-state index contributed by atoms with van der Waals surface area (Å²) in [5.74, 6) is -0.737. The number of rotatable bonds is 28. The molecule has 7 nitrogen and oxygen atoms in total. The molecule has 1 unspecified atom stereocenters. The van der Waals surface area contributed by atoms with Crippen molar-refractivity contribution in [2.75, 3.05) is 67.3 Å². The molecule has 0 aliphatic heterocycles.